The molecule has 1 N–H and O–H groups in total. The van der Waals surface area contributed by atoms with Crippen molar-refractivity contribution in [3.05, 3.63) is 52.8 Å². The topological polar surface area (TPSA) is 68.3 Å². The summed E-state index contributed by atoms with van der Waals surface area (Å²) < 4.78 is 20.6. The molecule has 5 nitrogen and oxygen atoms in total. The normalized spacial score (nSPS) is 11.0. The number of aromatic nitrogens is 2. The Balaban J connectivity index is 2.34. The van der Waals surface area contributed by atoms with Crippen molar-refractivity contribution in [1.82, 2.24) is 9.72 Å². The zero-order valence-corrected chi connectivity index (χ0v) is 12.9. The lowest BCUT2D eigenvalue weighted by molar-refractivity contribution is 0.111. The summed E-state index contributed by atoms with van der Waals surface area (Å²) in [5.74, 6) is -0.586. The number of carbonyl (C=O) groups excluding carboxylic acids is 1. The zero-order valence-electron chi connectivity index (χ0n) is 12.9. The number of nitrogens with zero attached hydrogens (tertiary/aromatic N) is 2. The Morgan fingerprint density at radius 1 is 1.26 bits per heavy atom. The van der Waals surface area contributed by atoms with Gasteiger partial charge in [0.1, 0.15) is 11.4 Å². The Hall–Kier alpha value is -2.89. The van der Waals surface area contributed by atoms with Crippen LogP contribution in [-0.4, -0.2) is 21.1 Å². The molecule has 0 spiro atoms. The van der Waals surface area contributed by atoms with Crippen molar-refractivity contribution in [1.29, 1.82) is 0 Å². The van der Waals surface area contributed by atoms with E-state index in [1.807, 2.05) is 0 Å². The Labute approximate surface area is 132 Å². The molecule has 3 rings (SSSR count). The summed E-state index contributed by atoms with van der Waals surface area (Å²) in [5, 5.41) is 13.3. The molecule has 0 radical (unpaired) electrons. The average molecular weight is 314 g/mol. The largest absolute Gasteiger partial charge is 0.505 e. The first-order chi connectivity index (χ1) is 10.9. The molecular formula is C17H15FN2O3. The Morgan fingerprint density at radius 3 is 2.57 bits per heavy atom. The van der Waals surface area contributed by atoms with Crippen molar-refractivity contribution in [2.45, 2.75) is 20.8 Å². The third-order valence-corrected chi connectivity index (χ3v) is 3.81. The van der Waals surface area contributed by atoms with E-state index >= 15 is 0 Å². The number of carbonyl (C=O) groups is 1. The van der Waals surface area contributed by atoms with Crippen LogP contribution in [0.3, 0.4) is 0 Å². The lowest BCUT2D eigenvalue weighted by Crippen LogP contribution is -2.04. The lowest BCUT2D eigenvalue weighted by atomic mass is 10.1. The molecule has 0 bridgehead atoms. The van der Waals surface area contributed by atoms with Gasteiger partial charge in [-0.3, -0.25) is 4.79 Å². The molecule has 0 aliphatic heterocycles. The molecule has 2 heterocycles. The fraction of sp³-hybridized carbons (Fsp3) is 0.176. The maximum absolute atomic E-state index is 13.7. The van der Waals surface area contributed by atoms with E-state index in [-0.39, 0.29) is 0 Å². The first kappa shape index (κ1) is 15.0. The third kappa shape index (κ3) is 2.32. The summed E-state index contributed by atoms with van der Waals surface area (Å²) in [4.78, 5) is 11.5. The van der Waals surface area contributed by atoms with Gasteiger partial charge >= 0.3 is 0 Å². The number of hydrogen-bond acceptors (Lipinski definition) is 4. The van der Waals surface area contributed by atoms with Crippen LogP contribution in [0.15, 0.2) is 28.8 Å². The highest BCUT2D eigenvalue weighted by Gasteiger charge is 2.21. The molecule has 2 aromatic heterocycles. The van der Waals surface area contributed by atoms with Crippen molar-refractivity contribution < 1.29 is 18.8 Å². The molecule has 0 fully saturated rings. The van der Waals surface area contributed by atoms with Gasteiger partial charge in [0, 0.05) is 5.56 Å². The summed E-state index contributed by atoms with van der Waals surface area (Å²) >= 11 is 0. The van der Waals surface area contributed by atoms with E-state index in [2.05, 4.69) is 5.16 Å². The lowest BCUT2D eigenvalue weighted by Gasteiger charge is -2.11. The van der Waals surface area contributed by atoms with Gasteiger partial charge in [-0.15, -0.1) is 0 Å². The van der Waals surface area contributed by atoms with Crippen LogP contribution in [0.1, 0.15) is 27.5 Å². The smallest absolute Gasteiger partial charge is 0.167 e. The van der Waals surface area contributed by atoms with Gasteiger partial charge in [0.05, 0.1) is 11.4 Å². The summed E-state index contributed by atoms with van der Waals surface area (Å²) in [7, 11) is 0. The van der Waals surface area contributed by atoms with Crippen LogP contribution in [0.25, 0.3) is 16.9 Å². The number of benzene rings is 1. The minimum absolute atomic E-state index is 0.420. The van der Waals surface area contributed by atoms with Crippen molar-refractivity contribution in [2.75, 3.05) is 0 Å². The predicted molar refractivity (Wildman–Crippen MR) is 82.5 cm³/mol. The molecule has 0 unspecified atom stereocenters. The minimum Gasteiger partial charge on any atom is -0.505 e. The molecular weight excluding hydrogens is 299 g/mol. The van der Waals surface area contributed by atoms with E-state index < -0.39 is 11.6 Å². The van der Waals surface area contributed by atoms with Gasteiger partial charge in [-0.05, 0) is 50.6 Å². The standard InChI is InChI=1S/C17H15FN2O3/c1-9-6-14(12-4-5-16(22)13(18)7-12)20(15(9)8-21)17-10(2)19-23-11(17)3/h4-8,22H,1-3H3. The number of halogens is 1. The van der Waals surface area contributed by atoms with E-state index in [0.29, 0.717) is 34.1 Å². The Bertz CT molecular complexity index is 889. The fourth-order valence-corrected chi connectivity index (χ4v) is 2.71. The van der Waals surface area contributed by atoms with Crippen LogP contribution in [0, 0.1) is 26.6 Å². The summed E-state index contributed by atoms with van der Waals surface area (Å²) in [6, 6.07) is 5.90. The molecule has 1 aromatic carbocycles. The van der Waals surface area contributed by atoms with Crippen LogP contribution >= 0.6 is 0 Å². The second kappa shape index (κ2) is 5.39. The summed E-state index contributed by atoms with van der Waals surface area (Å²) in [6.45, 7) is 5.33. The quantitative estimate of drug-likeness (QED) is 0.748. The van der Waals surface area contributed by atoms with Crippen LogP contribution in [-0.2, 0) is 0 Å². The molecule has 0 amide bonds. The van der Waals surface area contributed by atoms with Gasteiger partial charge in [-0.1, -0.05) is 5.16 Å². The number of aryl methyl sites for hydroxylation is 3. The fourth-order valence-electron chi connectivity index (χ4n) is 2.71. The van der Waals surface area contributed by atoms with Gasteiger partial charge < -0.3 is 14.2 Å². The van der Waals surface area contributed by atoms with Crippen LogP contribution in [0.2, 0.25) is 0 Å². The molecule has 0 aliphatic rings. The SMILES string of the molecule is Cc1cc(-c2ccc(O)c(F)c2)n(-c2c(C)noc2C)c1C=O. The number of aromatic hydroxyl groups is 1. The van der Waals surface area contributed by atoms with Gasteiger partial charge in [0.15, 0.2) is 23.6 Å². The molecule has 23 heavy (non-hydrogen) atoms. The first-order valence-corrected chi connectivity index (χ1v) is 7.03. The van der Waals surface area contributed by atoms with Gasteiger partial charge in [0.2, 0.25) is 0 Å². The van der Waals surface area contributed by atoms with Crippen molar-refractivity contribution in [3.63, 3.8) is 0 Å². The Kier molecular flexibility index (Phi) is 3.52. The van der Waals surface area contributed by atoms with Crippen LogP contribution < -0.4 is 0 Å². The molecule has 0 saturated heterocycles. The maximum atomic E-state index is 13.7. The van der Waals surface area contributed by atoms with E-state index in [9.17, 15) is 14.3 Å². The molecule has 0 saturated carbocycles. The maximum Gasteiger partial charge on any atom is 0.167 e. The predicted octanol–water partition coefficient (Wildman–Crippen LogP) is 3.71. The highest BCUT2D eigenvalue weighted by Crippen LogP contribution is 2.33. The van der Waals surface area contributed by atoms with Crippen molar-refractivity contribution >= 4 is 6.29 Å². The van der Waals surface area contributed by atoms with Crippen LogP contribution in [0.5, 0.6) is 5.75 Å². The number of aldehydes is 1. The van der Waals surface area contributed by atoms with Crippen LogP contribution in [0.4, 0.5) is 4.39 Å². The van der Waals surface area contributed by atoms with E-state index in [1.165, 1.54) is 12.1 Å². The molecule has 0 aliphatic carbocycles. The van der Waals surface area contributed by atoms with Crippen molar-refractivity contribution in [3.8, 4) is 22.7 Å². The highest BCUT2D eigenvalue weighted by molar-refractivity contribution is 5.81. The highest BCUT2D eigenvalue weighted by atomic mass is 19.1. The van der Waals surface area contributed by atoms with Gasteiger partial charge in [0.25, 0.3) is 0 Å². The first-order valence-electron chi connectivity index (χ1n) is 7.03. The zero-order chi connectivity index (χ0) is 16.7. The number of phenols is 1. The number of phenolic OH excluding ortho intramolecular Hbond substituents is 1. The monoisotopic (exact) mass is 314 g/mol. The van der Waals surface area contributed by atoms with Gasteiger partial charge in [-0.25, -0.2) is 4.39 Å². The van der Waals surface area contributed by atoms with Gasteiger partial charge in [-0.2, -0.15) is 0 Å². The summed E-state index contributed by atoms with van der Waals surface area (Å²) in [5.41, 5.74) is 3.64. The van der Waals surface area contributed by atoms with E-state index in [1.54, 1.807) is 37.5 Å². The van der Waals surface area contributed by atoms with E-state index in [0.717, 1.165) is 11.8 Å². The van der Waals surface area contributed by atoms with E-state index in [4.69, 9.17) is 4.52 Å². The Morgan fingerprint density at radius 2 is 2.00 bits per heavy atom. The third-order valence-electron chi connectivity index (χ3n) is 3.81. The molecule has 3 aromatic rings. The van der Waals surface area contributed by atoms with Crippen molar-refractivity contribution in [2.24, 2.45) is 0 Å². The summed E-state index contributed by atoms with van der Waals surface area (Å²) in [6.07, 6.45) is 0.751. The number of rotatable bonds is 3. The minimum atomic E-state index is -0.723. The molecule has 118 valence electrons. The second-order valence-electron chi connectivity index (χ2n) is 5.39. The molecule has 6 heteroatoms. The number of hydrogen-bond donors (Lipinski definition) is 1. The second-order valence-corrected chi connectivity index (χ2v) is 5.39. The molecule has 0 atom stereocenters. The average Bonchev–Trinajstić information content (AvgIpc) is 3.01.